The minimum Gasteiger partial charge on any atom is -0.443 e. The first-order chi connectivity index (χ1) is 13.5. The van der Waals surface area contributed by atoms with Gasteiger partial charge in [-0.3, -0.25) is 0 Å². The number of nitrogens with one attached hydrogen (secondary N) is 2. The zero-order chi connectivity index (χ0) is 20.0. The van der Waals surface area contributed by atoms with Gasteiger partial charge in [-0.05, 0) is 31.9 Å². The number of para-hydroxylation sites is 1. The Hall–Kier alpha value is -2.50. The molecule has 0 spiro atoms. The van der Waals surface area contributed by atoms with Crippen LogP contribution in [0.5, 0.6) is 0 Å². The molecule has 1 saturated heterocycles. The van der Waals surface area contributed by atoms with Crippen LogP contribution in [0, 0.1) is 0 Å². The van der Waals surface area contributed by atoms with Crippen LogP contribution in [0.4, 0.5) is 5.69 Å². The summed E-state index contributed by atoms with van der Waals surface area (Å²) in [4.78, 5) is 11.5. The van der Waals surface area contributed by atoms with Gasteiger partial charge in [0.25, 0.3) is 0 Å². The number of anilines is 1. The molecule has 152 valence electrons. The molecule has 0 amide bonds. The van der Waals surface area contributed by atoms with Crippen LogP contribution in [0.3, 0.4) is 0 Å². The molecule has 0 atom stereocenters. The van der Waals surface area contributed by atoms with Gasteiger partial charge in [-0.1, -0.05) is 39.0 Å². The van der Waals surface area contributed by atoms with E-state index in [1.165, 1.54) is 5.69 Å². The fourth-order valence-electron chi connectivity index (χ4n) is 3.31. The lowest BCUT2D eigenvalue weighted by Gasteiger charge is -2.34. The number of aromatic nitrogens is 1. The molecule has 0 aliphatic carbocycles. The first-order valence-corrected chi connectivity index (χ1v) is 10.3. The van der Waals surface area contributed by atoms with Crippen LogP contribution in [0.25, 0.3) is 0 Å². The Morgan fingerprint density at radius 1 is 1.21 bits per heavy atom. The predicted octanol–water partition coefficient (Wildman–Crippen LogP) is 3.70. The van der Waals surface area contributed by atoms with Gasteiger partial charge in [0.2, 0.25) is 5.89 Å². The number of hydrogen-bond donors (Lipinski definition) is 2. The lowest BCUT2D eigenvalue weighted by Crippen LogP contribution is -2.48. The van der Waals surface area contributed by atoms with E-state index in [2.05, 4.69) is 83.5 Å². The van der Waals surface area contributed by atoms with E-state index in [1.54, 1.807) is 0 Å². The first kappa shape index (κ1) is 20.2. The van der Waals surface area contributed by atoms with E-state index < -0.39 is 0 Å². The zero-order valence-corrected chi connectivity index (χ0v) is 17.5. The molecule has 0 unspecified atom stereocenters. The average molecular weight is 384 g/mol. The van der Waals surface area contributed by atoms with E-state index in [1.807, 2.05) is 6.20 Å². The summed E-state index contributed by atoms with van der Waals surface area (Å²) in [7, 11) is 0. The molecule has 2 aromatic rings. The van der Waals surface area contributed by atoms with Gasteiger partial charge < -0.3 is 20.0 Å². The Labute approximate surface area is 168 Å². The molecule has 28 heavy (non-hydrogen) atoms. The van der Waals surface area contributed by atoms with Crippen molar-refractivity contribution in [3.63, 3.8) is 0 Å². The van der Waals surface area contributed by atoms with Crippen molar-refractivity contribution in [3.05, 3.63) is 48.2 Å². The highest BCUT2D eigenvalue weighted by Gasteiger charge is 2.21. The normalized spacial score (nSPS) is 16.3. The summed E-state index contributed by atoms with van der Waals surface area (Å²) >= 11 is 0. The average Bonchev–Trinajstić information content (AvgIpc) is 3.17. The van der Waals surface area contributed by atoms with Gasteiger partial charge in [0.15, 0.2) is 5.96 Å². The summed E-state index contributed by atoms with van der Waals surface area (Å²) in [5.74, 6) is 2.38. The third kappa shape index (κ3) is 5.50. The van der Waals surface area contributed by atoms with Crippen molar-refractivity contribution in [2.24, 2.45) is 4.99 Å². The SMILES string of the molecule is CCNC(=NCc1ncc(C(C)(C)C)o1)NC1CCN(c2ccccc2)CC1. The van der Waals surface area contributed by atoms with Crippen LogP contribution in [0.2, 0.25) is 0 Å². The standard InChI is InChI=1S/C22H33N5O/c1-5-23-21(25-16-20-24-15-19(28-20)22(2,3)4)26-17-11-13-27(14-12-17)18-9-7-6-8-10-18/h6-10,15,17H,5,11-14,16H2,1-4H3,(H2,23,25,26). The number of benzene rings is 1. The summed E-state index contributed by atoms with van der Waals surface area (Å²) < 4.78 is 5.85. The molecule has 1 aromatic carbocycles. The third-order valence-corrected chi connectivity index (χ3v) is 4.97. The molecule has 1 aromatic heterocycles. The molecule has 1 aliphatic rings. The maximum Gasteiger partial charge on any atom is 0.216 e. The molecular formula is C22H33N5O. The first-order valence-electron chi connectivity index (χ1n) is 10.3. The maximum absolute atomic E-state index is 5.85. The smallest absolute Gasteiger partial charge is 0.216 e. The number of rotatable bonds is 5. The molecular weight excluding hydrogens is 350 g/mol. The molecule has 2 N–H and O–H groups in total. The van der Waals surface area contributed by atoms with Gasteiger partial charge in [0, 0.05) is 36.8 Å². The Bertz CT molecular complexity index is 755. The minimum atomic E-state index is -0.0373. The summed E-state index contributed by atoms with van der Waals surface area (Å²) in [5.41, 5.74) is 1.27. The van der Waals surface area contributed by atoms with Gasteiger partial charge in [-0.15, -0.1) is 0 Å². The minimum absolute atomic E-state index is 0.0373. The Morgan fingerprint density at radius 2 is 1.93 bits per heavy atom. The molecule has 6 nitrogen and oxygen atoms in total. The van der Waals surface area contributed by atoms with Crippen molar-refractivity contribution in [2.45, 2.75) is 58.5 Å². The molecule has 0 radical (unpaired) electrons. The lowest BCUT2D eigenvalue weighted by atomic mass is 9.94. The molecule has 0 saturated carbocycles. The van der Waals surface area contributed by atoms with Gasteiger partial charge in [0.05, 0.1) is 6.20 Å². The maximum atomic E-state index is 5.85. The van der Waals surface area contributed by atoms with Crippen molar-refractivity contribution in [1.29, 1.82) is 0 Å². The number of oxazole rings is 1. The van der Waals surface area contributed by atoms with Crippen LogP contribution in [0.15, 0.2) is 45.9 Å². The molecule has 3 rings (SSSR count). The van der Waals surface area contributed by atoms with E-state index in [0.29, 0.717) is 18.5 Å². The Kier molecular flexibility index (Phi) is 6.60. The van der Waals surface area contributed by atoms with E-state index in [0.717, 1.165) is 44.2 Å². The number of nitrogens with zero attached hydrogens (tertiary/aromatic N) is 3. The van der Waals surface area contributed by atoms with Crippen LogP contribution in [-0.4, -0.2) is 36.6 Å². The molecule has 1 aliphatic heterocycles. The van der Waals surface area contributed by atoms with Gasteiger partial charge in [0.1, 0.15) is 12.3 Å². The Morgan fingerprint density at radius 3 is 2.54 bits per heavy atom. The van der Waals surface area contributed by atoms with Crippen LogP contribution >= 0.6 is 0 Å². The van der Waals surface area contributed by atoms with E-state index in [9.17, 15) is 0 Å². The van der Waals surface area contributed by atoms with Crippen LogP contribution < -0.4 is 15.5 Å². The van der Waals surface area contributed by atoms with Gasteiger partial charge >= 0.3 is 0 Å². The van der Waals surface area contributed by atoms with Crippen molar-refractivity contribution in [2.75, 3.05) is 24.5 Å². The highest BCUT2D eigenvalue weighted by molar-refractivity contribution is 5.80. The van der Waals surface area contributed by atoms with Crippen molar-refractivity contribution < 1.29 is 4.42 Å². The summed E-state index contributed by atoms with van der Waals surface area (Å²) in [6.45, 7) is 11.8. The number of aliphatic imine (C=N–C) groups is 1. The van der Waals surface area contributed by atoms with E-state index >= 15 is 0 Å². The predicted molar refractivity (Wildman–Crippen MR) is 115 cm³/mol. The quantitative estimate of drug-likeness (QED) is 0.609. The Balaban J connectivity index is 1.54. The second-order valence-electron chi connectivity index (χ2n) is 8.30. The van der Waals surface area contributed by atoms with Crippen molar-refractivity contribution in [1.82, 2.24) is 15.6 Å². The highest BCUT2D eigenvalue weighted by atomic mass is 16.4. The number of piperidine rings is 1. The molecule has 0 bridgehead atoms. The summed E-state index contributed by atoms with van der Waals surface area (Å²) in [6, 6.07) is 11.1. The number of guanidine groups is 1. The monoisotopic (exact) mass is 383 g/mol. The second-order valence-corrected chi connectivity index (χ2v) is 8.30. The third-order valence-electron chi connectivity index (χ3n) is 4.97. The summed E-state index contributed by atoms with van der Waals surface area (Å²) in [5, 5.41) is 6.91. The fourth-order valence-corrected chi connectivity index (χ4v) is 3.31. The van der Waals surface area contributed by atoms with Gasteiger partial charge in [-0.25, -0.2) is 9.98 Å². The van der Waals surface area contributed by atoms with Crippen LogP contribution in [-0.2, 0) is 12.0 Å². The summed E-state index contributed by atoms with van der Waals surface area (Å²) in [6.07, 6.45) is 3.99. The van der Waals surface area contributed by atoms with Crippen LogP contribution in [0.1, 0.15) is 52.2 Å². The molecule has 1 fully saturated rings. The van der Waals surface area contributed by atoms with Gasteiger partial charge in [-0.2, -0.15) is 0 Å². The van der Waals surface area contributed by atoms with E-state index in [-0.39, 0.29) is 5.41 Å². The zero-order valence-electron chi connectivity index (χ0n) is 17.5. The molecule has 2 heterocycles. The second kappa shape index (κ2) is 9.13. The van der Waals surface area contributed by atoms with Crippen molar-refractivity contribution in [3.8, 4) is 0 Å². The molecule has 6 heteroatoms. The highest BCUT2D eigenvalue weighted by Crippen LogP contribution is 2.23. The number of hydrogen-bond acceptors (Lipinski definition) is 4. The largest absolute Gasteiger partial charge is 0.443 e. The van der Waals surface area contributed by atoms with E-state index in [4.69, 9.17) is 4.42 Å². The fraction of sp³-hybridized carbons (Fsp3) is 0.545. The topological polar surface area (TPSA) is 65.7 Å². The lowest BCUT2D eigenvalue weighted by molar-refractivity contribution is 0.383. The van der Waals surface area contributed by atoms with Crippen molar-refractivity contribution >= 4 is 11.6 Å².